The van der Waals surface area contributed by atoms with Crippen LogP contribution in [0, 0.1) is 0 Å². The van der Waals surface area contributed by atoms with Crippen LogP contribution in [-0.2, 0) is 20.4 Å². The van der Waals surface area contributed by atoms with Crippen molar-refractivity contribution in [2.75, 3.05) is 0 Å². The van der Waals surface area contributed by atoms with Crippen molar-refractivity contribution in [1.29, 1.82) is 0 Å². The molecule has 5 heteroatoms. The van der Waals surface area contributed by atoms with Crippen LogP contribution >= 0.6 is 0 Å². The van der Waals surface area contributed by atoms with Gasteiger partial charge in [0.05, 0.1) is 0 Å². The molecule has 0 aliphatic carbocycles. The first kappa shape index (κ1) is 25.0. The first-order chi connectivity index (χ1) is 11.9. The Morgan fingerprint density at radius 2 is 0.630 bits per heavy atom. The number of aromatic nitrogens is 2. The van der Waals surface area contributed by atoms with Gasteiger partial charge in [0.2, 0.25) is 0 Å². The van der Waals surface area contributed by atoms with Gasteiger partial charge in [-0.25, -0.2) is 0 Å². The smallest absolute Gasteiger partial charge is 1.00 e. The fourth-order valence-corrected chi connectivity index (χ4v) is 2.35. The third-order valence-electron chi connectivity index (χ3n) is 3.57. The molecule has 0 fully saturated rings. The summed E-state index contributed by atoms with van der Waals surface area (Å²) >= 11 is 0. The molecule has 0 bridgehead atoms. The molecular formula is C22H18Cl2N2Pd. The van der Waals surface area contributed by atoms with E-state index >= 15 is 0 Å². The molecule has 0 saturated carbocycles. The maximum Gasteiger partial charge on any atom is 2.00 e. The Hall–Kier alpha value is -2.02. The van der Waals surface area contributed by atoms with Gasteiger partial charge in [-0.1, -0.05) is 60.7 Å². The van der Waals surface area contributed by atoms with E-state index in [9.17, 15) is 0 Å². The van der Waals surface area contributed by atoms with Crippen LogP contribution in [0.3, 0.4) is 0 Å². The van der Waals surface area contributed by atoms with Gasteiger partial charge in [0, 0.05) is 24.8 Å². The minimum atomic E-state index is 0. The van der Waals surface area contributed by atoms with E-state index in [1.165, 1.54) is 22.3 Å². The van der Waals surface area contributed by atoms with Gasteiger partial charge >= 0.3 is 20.4 Å². The van der Waals surface area contributed by atoms with E-state index in [4.69, 9.17) is 0 Å². The second-order valence-electron chi connectivity index (χ2n) is 5.20. The SMILES string of the molecule is [Cl-].[Cl-].[Pd+2].c1ccc(-c2ccncc2)cc1.c1ccc(-c2ccncc2)cc1. The topological polar surface area (TPSA) is 25.8 Å². The average molecular weight is 488 g/mol. The Bertz CT molecular complexity index is 696. The molecule has 0 aliphatic heterocycles. The van der Waals surface area contributed by atoms with Crippen molar-refractivity contribution in [3.05, 3.63) is 110 Å². The van der Waals surface area contributed by atoms with Crippen LogP contribution in [0.15, 0.2) is 110 Å². The number of pyridine rings is 2. The number of hydrogen-bond acceptors (Lipinski definition) is 2. The average Bonchev–Trinajstić information content (AvgIpc) is 2.71. The molecule has 2 nitrogen and oxygen atoms in total. The zero-order valence-electron chi connectivity index (χ0n) is 14.4. The van der Waals surface area contributed by atoms with Crippen molar-refractivity contribution >= 4 is 0 Å². The second kappa shape index (κ2) is 14.1. The predicted octanol–water partition coefficient (Wildman–Crippen LogP) is -0.497. The molecular weight excluding hydrogens is 470 g/mol. The normalized spacial score (nSPS) is 8.59. The first-order valence-electron chi connectivity index (χ1n) is 7.84. The molecule has 0 aliphatic rings. The molecule has 0 N–H and O–H groups in total. The Labute approximate surface area is 186 Å². The predicted molar refractivity (Wildman–Crippen MR) is 99.3 cm³/mol. The van der Waals surface area contributed by atoms with E-state index in [2.05, 4.69) is 34.2 Å². The number of rotatable bonds is 2. The molecule has 4 aromatic rings. The summed E-state index contributed by atoms with van der Waals surface area (Å²) in [6.07, 6.45) is 7.23. The van der Waals surface area contributed by atoms with Gasteiger partial charge in [-0.15, -0.1) is 0 Å². The Morgan fingerprint density at radius 3 is 0.926 bits per heavy atom. The Kier molecular flexibility index (Phi) is 13.0. The van der Waals surface area contributed by atoms with Crippen molar-refractivity contribution in [2.24, 2.45) is 0 Å². The van der Waals surface area contributed by atoms with Gasteiger partial charge in [0.25, 0.3) is 0 Å². The number of halogens is 2. The molecule has 0 radical (unpaired) electrons. The van der Waals surface area contributed by atoms with Crippen LogP contribution in [0.25, 0.3) is 22.3 Å². The Morgan fingerprint density at radius 1 is 0.370 bits per heavy atom. The number of benzene rings is 2. The third kappa shape index (κ3) is 8.03. The van der Waals surface area contributed by atoms with Crippen molar-refractivity contribution in [3.8, 4) is 22.3 Å². The Balaban J connectivity index is 0.000000451. The van der Waals surface area contributed by atoms with E-state index in [1.54, 1.807) is 0 Å². The fraction of sp³-hybridized carbons (Fsp3) is 0. The third-order valence-corrected chi connectivity index (χ3v) is 3.57. The van der Waals surface area contributed by atoms with Crippen LogP contribution in [0.2, 0.25) is 0 Å². The summed E-state index contributed by atoms with van der Waals surface area (Å²) < 4.78 is 0. The van der Waals surface area contributed by atoms with Crippen LogP contribution in [0.5, 0.6) is 0 Å². The summed E-state index contributed by atoms with van der Waals surface area (Å²) in [5.74, 6) is 0. The van der Waals surface area contributed by atoms with Gasteiger partial charge < -0.3 is 24.8 Å². The van der Waals surface area contributed by atoms with E-state index in [1.807, 2.05) is 85.5 Å². The van der Waals surface area contributed by atoms with Crippen molar-refractivity contribution < 1.29 is 45.2 Å². The molecule has 2 aromatic carbocycles. The minimum absolute atomic E-state index is 0. The molecule has 0 amide bonds. The molecule has 2 heterocycles. The van der Waals surface area contributed by atoms with E-state index in [-0.39, 0.29) is 45.2 Å². The second-order valence-corrected chi connectivity index (χ2v) is 5.20. The van der Waals surface area contributed by atoms with Gasteiger partial charge in [-0.3, -0.25) is 9.97 Å². The molecule has 140 valence electrons. The zero-order valence-corrected chi connectivity index (χ0v) is 17.4. The summed E-state index contributed by atoms with van der Waals surface area (Å²) in [7, 11) is 0. The van der Waals surface area contributed by atoms with E-state index in [0.29, 0.717) is 0 Å². The molecule has 0 saturated heterocycles. The summed E-state index contributed by atoms with van der Waals surface area (Å²) in [6.45, 7) is 0. The van der Waals surface area contributed by atoms with Gasteiger partial charge in [0.1, 0.15) is 0 Å². The fourth-order valence-electron chi connectivity index (χ4n) is 2.35. The maximum atomic E-state index is 3.97. The molecule has 0 unspecified atom stereocenters. The van der Waals surface area contributed by atoms with Crippen LogP contribution in [-0.4, -0.2) is 9.97 Å². The summed E-state index contributed by atoms with van der Waals surface area (Å²) in [6, 6.07) is 28.6. The minimum Gasteiger partial charge on any atom is -1.00 e. The monoisotopic (exact) mass is 486 g/mol. The largest absolute Gasteiger partial charge is 2.00 e. The van der Waals surface area contributed by atoms with Crippen molar-refractivity contribution in [3.63, 3.8) is 0 Å². The van der Waals surface area contributed by atoms with Crippen LogP contribution in [0.4, 0.5) is 0 Å². The first-order valence-corrected chi connectivity index (χ1v) is 7.84. The van der Waals surface area contributed by atoms with Gasteiger partial charge in [-0.2, -0.15) is 0 Å². The standard InChI is InChI=1S/2C11H9N.2ClH.Pd/c2*1-2-4-10(5-3-1)11-6-8-12-9-7-11;;;/h2*1-9H;2*1H;/q;;;;+2/p-2. The van der Waals surface area contributed by atoms with Crippen LogP contribution < -0.4 is 24.8 Å². The van der Waals surface area contributed by atoms with Gasteiger partial charge in [0.15, 0.2) is 0 Å². The van der Waals surface area contributed by atoms with Gasteiger partial charge in [-0.05, 0) is 46.5 Å². The molecule has 27 heavy (non-hydrogen) atoms. The number of hydrogen-bond donors (Lipinski definition) is 0. The van der Waals surface area contributed by atoms with E-state index < -0.39 is 0 Å². The molecule has 2 aromatic heterocycles. The zero-order chi connectivity index (χ0) is 16.5. The quantitative estimate of drug-likeness (QED) is 0.357. The maximum absolute atomic E-state index is 3.97. The summed E-state index contributed by atoms with van der Waals surface area (Å²) in [5, 5.41) is 0. The molecule has 0 atom stereocenters. The molecule has 0 spiro atoms. The van der Waals surface area contributed by atoms with Crippen LogP contribution in [0.1, 0.15) is 0 Å². The summed E-state index contributed by atoms with van der Waals surface area (Å²) in [5.41, 5.74) is 4.90. The molecule has 4 rings (SSSR count). The van der Waals surface area contributed by atoms with Crippen molar-refractivity contribution in [1.82, 2.24) is 9.97 Å². The van der Waals surface area contributed by atoms with E-state index in [0.717, 1.165) is 0 Å². The number of nitrogens with zero attached hydrogens (tertiary/aromatic N) is 2. The van der Waals surface area contributed by atoms with Crippen molar-refractivity contribution in [2.45, 2.75) is 0 Å². The summed E-state index contributed by atoms with van der Waals surface area (Å²) in [4.78, 5) is 7.94.